The topological polar surface area (TPSA) is 52.7 Å². The van der Waals surface area contributed by atoms with Crippen LogP contribution < -0.4 is 5.32 Å². The summed E-state index contributed by atoms with van der Waals surface area (Å²) >= 11 is 0. The SMILES string of the molecule is CNCCC(=O)N1CCN(C(=O)c2ccc(C)c(F)c2)CC1. The van der Waals surface area contributed by atoms with Crippen LogP contribution in [-0.4, -0.2) is 61.4 Å². The standard InChI is InChI=1S/C16H22FN3O2/c1-12-3-4-13(11-14(12)17)16(22)20-9-7-19(8-10-20)15(21)5-6-18-2/h3-4,11,18H,5-10H2,1-2H3. The quantitative estimate of drug-likeness (QED) is 0.904. The van der Waals surface area contributed by atoms with Gasteiger partial charge in [0.05, 0.1) is 0 Å². The predicted octanol–water partition coefficient (Wildman–Crippen LogP) is 1.03. The van der Waals surface area contributed by atoms with Crippen molar-refractivity contribution in [3.8, 4) is 0 Å². The number of halogens is 1. The Morgan fingerprint density at radius 1 is 1.18 bits per heavy atom. The summed E-state index contributed by atoms with van der Waals surface area (Å²) in [5, 5.41) is 2.95. The van der Waals surface area contributed by atoms with Gasteiger partial charge in [0.15, 0.2) is 0 Å². The van der Waals surface area contributed by atoms with Crippen molar-refractivity contribution in [1.82, 2.24) is 15.1 Å². The van der Waals surface area contributed by atoms with Gasteiger partial charge in [0.1, 0.15) is 5.82 Å². The van der Waals surface area contributed by atoms with Crippen molar-refractivity contribution in [2.45, 2.75) is 13.3 Å². The van der Waals surface area contributed by atoms with Gasteiger partial charge >= 0.3 is 0 Å². The zero-order valence-corrected chi connectivity index (χ0v) is 13.1. The molecule has 0 aromatic heterocycles. The van der Waals surface area contributed by atoms with Crippen molar-refractivity contribution < 1.29 is 14.0 Å². The molecule has 6 heteroatoms. The first-order valence-electron chi connectivity index (χ1n) is 7.50. The molecular formula is C16H22FN3O2. The summed E-state index contributed by atoms with van der Waals surface area (Å²) in [5.74, 6) is -0.448. The molecule has 2 rings (SSSR count). The molecule has 0 aliphatic carbocycles. The van der Waals surface area contributed by atoms with E-state index in [1.807, 2.05) is 7.05 Å². The lowest BCUT2D eigenvalue weighted by Gasteiger charge is -2.35. The highest BCUT2D eigenvalue weighted by atomic mass is 19.1. The van der Waals surface area contributed by atoms with E-state index in [4.69, 9.17) is 0 Å². The van der Waals surface area contributed by atoms with Crippen LogP contribution in [0.3, 0.4) is 0 Å². The minimum atomic E-state index is -0.369. The van der Waals surface area contributed by atoms with Gasteiger partial charge in [0, 0.05) is 44.7 Å². The molecule has 0 radical (unpaired) electrons. The molecule has 5 nitrogen and oxygen atoms in total. The first-order valence-corrected chi connectivity index (χ1v) is 7.50. The highest BCUT2D eigenvalue weighted by Gasteiger charge is 2.24. The molecule has 120 valence electrons. The van der Waals surface area contributed by atoms with Crippen molar-refractivity contribution in [3.05, 3.63) is 35.1 Å². The highest BCUT2D eigenvalue weighted by molar-refractivity contribution is 5.94. The van der Waals surface area contributed by atoms with Gasteiger partial charge in [-0.2, -0.15) is 0 Å². The van der Waals surface area contributed by atoms with Crippen molar-refractivity contribution in [2.24, 2.45) is 0 Å². The molecule has 0 bridgehead atoms. The maximum Gasteiger partial charge on any atom is 0.254 e. The van der Waals surface area contributed by atoms with Gasteiger partial charge in [-0.3, -0.25) is 9.59 Å². The van der Waals surface area contributed by atoms with E-state index in [1.165, 1.54) is 6.07 Å². The molecule has 0 unspecified atom stereocenters. The second-order valence-corrected chi connectivity index (χ2v) is 5.49. The van der Waals surface area contributed by atoms with E-state index in [1.54, 1.807) is 28.9 Å². The molecular weight excluding hydrogens is 285 g/mol. The summed E-state index contributed by atoms with van der Waals surface area (Å²) in [4.78, 5) is 27.7. The zero-order valence-electron chi connectivity index (χ0n) is 13.1. The van der Waals surface area contributed by atoms with Crippen LogP contribution in [-0.2, 0) is 4.79 Å². The Morgan fingerprint density at radius 2 is 1.82 bits per heavy atom. The molecule has 0 saturated carbocycles. The Morgan fingerprint density at radius 3 is 2.41 bits per heavy atom. The Balaban J connectivity index is 1.92. The van der Waals surface area contributed by atoms with Gasteiger partial charge in [-0.15, -0.1) is 0 Å². The number of carbonyl (C=O) groups excluding carboxylic acids is 2. The monoisotopic (exact) mass is 307 g/mol. The van der Waals surface area contributed by atoms with Gasteiger partial charge in [0.25, 0.3) is 5.91 Å². The third kappa shape index (κ3) is 3.82. The fourth-order valence-corrected chi connectivity index (χ4v) is 2.46. The van der Waals surface area contributed by atoms with Gasteiger partial charge in [-0.05, 0) is 31.7 Å². The van der Waals surface area contributed by atoms with Crippen LogP contribution in [0.4, 0.5) is 4.39 Å². The van der Waals surface area contributed by atoms with Crippen molar-refractivity contribution in [3.63, 3.8) is 0 Å². The largest absolute Gasteiger partial charge is 0.339 e. The number of nitrogens with one attached hydrogen (secondary N) is 1. The Hall–Kier alpha value is -1.95. The van der Waals surface area contributed by atoms with Crippen LogP contribution in [0.2, 0.25) is 0 Å². The summed E-state index contributed by atoms with van der Waals surface area (Å²) in [6.07, 6.45) is 0.466. The lowest BCUT2D eigenvalue weighted by Crippen LogP contribution is -2.50. The normalized spacial score (nSPS) is 15.0. The summed E-state index contributed by atoms with van der Waals surface area (Å²) in [7, 11) is 1.81. The molecule has 0 atom stereocenters. The predicted molar refractivity (Wildman–Crippen MR) is 82.2 cm³/mol. The minimum absolute atomic E-state index is 0.0998. The fourth-order valence-electron chi connectivity index (χ4n) is 2.46. The molecule has 0 spiro atoms. The number of aryl methyl sites for hydroxylation is 1. The van der Waals surface area contributed by atoms with Crippen molar-refractivity contribution in [1.29, 1.82) is 0 Å². The molecule has 1 saturated heterocycles. The first kappa shape index (κ1) is 16.4. The number of amides is 2. The van der Waals surface area contributed by atoms with Gasteiger partial charge in [-0.25, -0.2) is 4.39 Å². The minimum Gasteiger partial charge on any atom is -0.339 e. The van der Waals surface area contributed by atoms with Gasteiger partial charge < -0.3 is 15.1 Å². The van der Waals surface area contributed by atoms with Gasteiger partial charge in [0.2, 0.25) is 5.91 Å². The van der Waals surface area contributed by atoms with E-state index in [0.29, 0.717) is 50.3 Å². The number of carbonyl (C=O) groups is 2. The molecule has 1 fully saturated rings. The molecule has 22 heavy (non-hydrogen) atoms. The second kappa shape index (κ2) is 7.35. The molecule has 1 aliphatic heterocycles. The Kier molecular flexibility index (Phi) is 5.49. The van der Waals surface area contributed by atoms with Crippen LogP contribution in [0.15, 0.2) is 18.2 Å². The van der Waals surface area contributed by atoms with E-state index in [-0.39, 0.29) is 17.6 Å². The summed E-state index contributed by atoms with van der Waals surface area (Å²) in [5.41, 5.74) is 0.884. The molecule has 1 heterocycles. The molecule has 1 N–H and O–H groups in total. The van der Waals surface area contributed by atoms with Crippen LogP contribution in [0.1, 0.15) is 22.3 Å². The van der Waals surface area contributed by atoms with Crippen LogP contribution in [0.25, 0.3) is 0 Å². The zero-order chi connectivity index (χ0) is 16.1. The number of benzene rings is 1. The van der Waals surface area contributed by atoms with Crippen LogP contribution in [0, 0.1) is 12.7 Å². The lowest BCUT2D eigenvalue weighted by atomic mass is 10.1. The van der Waals surface area contributed by atoms with E-state index in [2.05, 4.69) is 5.32 Å². The van der Waals surface area contributed by atoms with Crippen LogP contribution in [0.5, 0.6) is 0 Å². The van der Waals surface area contributed by atoms with Crippen molar-refractivity contribution in [2.75, 3.05) is 39.8 Å². The van der Waals surface area contributed by atoms with E-state index in [9.17, 15) is 14.0 Å². The number of rotatable bonds is 4. The summed E-state index contributed by atoms with van der Waals surface area (Å²) < 4.78 is 13.6. The first-order chi connectivity index (χ1) is 10.5. The number of hydrogen-bond donors (Lipinski definition) is 1. The lowest BCUT2D eigenvalue weighted by molar-refractivity contribution is -0.132. The van der Waals surface area contributed by atoms with Crippen molar-refractivity contribution >= 4 is 11.8 Å². The van der Waals surface area contributed by atoms with E-state index in [0.717, 1.165) is 0 Å². The Bertz CT molecular complexity index is 554. The third-order valence-electron chi connectivity index (χ3n) is 3.93. The Labute approximate surface area is 130 Å². The van der Waals surface area contributed by atoms with Crippen LogP contribution >= 0.6 is 0 Å². The van der Waals surface area contributed by atoms with E-state index >= 15 is 0 Å². The average molecular weight is 307 g/mol. The maximum absolute atomic E-state index is 13.6. The fraction of sp³-hybridized carbons (Fsp3) is 0.500. The average Bonchev–Trinajstić information content (AvgIpc) is 2.54. The second-order valence-electron chi connectivity index (χ2n) is 5.49. The molecule has 2 amide bonds. The molecule has 1 aromatic rings. The van der Waals surface area contributed by atoms with Gasteiger partial charge in [-0.1, -0.05) is 6.07 Å². The maximum atomic E-state index is 13.6. The molecule has 1 aliphatic rings. The third-order valence-corrected chi connectivity index (χ3v) is 3.93. The summed E-state index contributed by atoms with van der Waals surface area (Å²) in [6.45, 7) is 4.35. The summed E-state index contributed by atoms with van der Waals surface area (Å²) in [6, 6.07) is 4.54. The number of hydrogen-bond acceptors (Lipinski definition) is 3. The number of piperazine rings is 1. The smallest absolute Gasteiger partial charge is 0.254 e. The number of nitrogens with zero attached hydrogens (tertiary/aromatic N) is 2. The highest BCUT2D eigenvalue weighted by Crippen LogP contribution is 2.13. The van der Waals surface area contributed by atoms with E-state index < -0.39 is 0 Å². The molecule has 1 aromatic carbocycles.